The molecule has 0 spiro atoms. The van der Waals surface area contributed by atoms with Crippen molar-refractivity contribution in [3.63, 3.8) is 0 Å². The highest BCUT2D eigenvalue weighted by Crippen LogP contribution is 2.52. The van der Waals surface area contributed by atoms with Crippen LogP contribution in [0.15, 0.2) is 60.7 Å². The van der Waals surface area contributed by atoms with Gasteiger partial charge in [0.2, 0.25) is 0 Å². The van der Waals surface area contributed by atoms with Gasteiger partial charge in [0.1, 0.15) is 0 Å². The van der Waals surface area contributed by atoms with Crippen molar-refractivity contribution in [2.45, 2.75) is 183 Å². The summed E-state index contributed by atoms with van der Waals surface area (Å²) in [6.07, 6.45) is 10.0. The first-order valence-electron chi connectivity index (χ1n) is 22.2. The Hall–Kier alpha value is 0.371. The maximum absolute atomic E-state index is 7.73. The summed E-state index contributed by atoms with van der Waals surface area (Å²) in [4.78, 5) is 0. The Bertz CT molecular complexity index is 1420. The third-order valence-corrected chi connectivity index (χ3v) is 34.0. The summed E-state index contributed by atoms with van der Waals surface area (Å²) in [5.41, 5.74) is 0. The Balaban J connectivity index is 1.66. The minimum absolute atomic E-state index is 0.0578. The molecule has 324 valence electrons. The van der Waals surface area contributed by atoms with Crippen LogP contribution in [0.5, 0.6) is 0 Å². The third-order valence-electron chi connectivity index (χ3n) is 13.5. The standard InChI is InChI=1S/C47H82O3S4Si3/c1-15-38(37-48-57(46(8,9)10,40-26-18-16-19-27-40)41-28-20-17-21-29-41)42(50-56(13,14)45(5,6)7)36-47(53-33-24-34-54-47)30-22-25-39(35-43-51-31-23-32-52-43)49-55(11,12)44(2,3)4/h16-21,26-29,38-39,42-43H,15,22-25,30-37H2,1-14H3/t38-,39+,42-/m1/s1. The quantitative estimate of drug-likeness (QED) is 0.130. The second kappa shape index (κ2) is 21.2. The minimum atomic E-state index is -2.69. The van der Waals surface area contributed by atoms with Gasteiger partial charge in [-0.1, -0.05) is 130 Å². The molecule has 0 aliphatic carbocycles. The lowest BCUT2D eigenvalue weighted by Crippen LogP contribution is -2.67. The van der Waals surface area contributed by atoms with Crippen molar-refractivity contribution in [1.82, 2.24) is 0 Å². The molecule has 0 unspecified atom stereocenters. The van der Waals surface area contributed by atoms with Gasteiger partial charge >= 0.3 is 0 Å². The smallest absolute Gasteiger partial charge is 0.261 e. The largest absolute Gasteiger partial charge is 0.414 e. The van der Waals surface area contributed by atoms with E-state index < -0.39 is 25.0 Å². The number of benzene rings is 2. The van der Waals surface area contributed by atoms with Gasteiger partial charge in [-0.15, -0.1) is 47.0 Å². The fraction of sp³-hybridized carbons (Fsp3) is 0.745. The van der Waals surface area contributed by atoms with E-state index in [9.17, 15) is 0 Å². The van der Waals surface area contributed by atoms with Crippen LogP contribution in [0.3, 0.4) is 0 Å². The number of hydrogen-bond donors (Lipinski definition) is 0. The molecule has 57 heavy (non-hydrogen) atoms. The van der Waals surface area contributed by atoms with Crippen molar-refractivity contribution in [3.05, 3.63) is 60.7 Å². The number of thioether (sulfide) groups is 4. The van der Waals surface area contributed by atoms with Crippen molar-refractivity contribution in [2.75, 3.05) is 29.6 Å². The highest BCUT2D eigenvalue weighted by molar-refractivity contribution is 8.18. The zero-order valence-corrected chi connectivity index (χ0v) is 44.9. The fourth-order valence-electron chi connectivity index (χ4n) is 7.93. The molecule has 0 N–H and O–H groups in total. The first-order valence-corrected chi connectivity index (χ1v) is 34.0. The maximum Gasteiger partial charge on any atom is 0.261 e. The van der Waals surface area contributed by atoms with Gasteiger partial charge in [0.25, 0.3) is 8.32 Å². The van der Waals surface area contributed by atoms with E-state index in [0.29, 0.717) is 23.2 Å². The summed E-state index contributed by atoms with van der Waals surface area (Å²) in [6.45, 7) is 34.6. The molecule has 3 atom stereocenters. The molecule has 2 aromatic rings. The van der Waals surface area contributed by atoms with Gasteiger partial charge in [-0.3, -0.25) is 0 Å². The van der Waals surface area contributed by atoms with E-state index in [2.05, 4.69) is 203 Å². The fourth-order valence-corrected chi connectivity index (χ4v) is 21.8. The van der Waals surface area contributed by atoms with E-state index in [4.69, 9.17) is 13.3 Å². The molecule has 0 amide bonds. The molecule has 2 saturated heterocycles. The summed E-state index contributed by atoms with van der Waals surface area (Å²) in [5.74, 6) is 5.39. The maximum atomic E-state index is 7.73. The van der Waals surface area contributed by atoms with Gasteiger partial charge in [0.15, 0.2) is 16.6 Å². The lowest BCUT2D eigenvalue weighted by Gasteiger charge is -2.47. The average Bonchev–Trinajstić information content (AvgIpc) is 3.13. The topological polar surface area (TPSA) is 27.7 Å². The lowest BCUT2D eigenvalue weighted by molar-refractivity contribution is 0.0679. The van der Waals surface area contributed by atoms with E-state index in [1.165, 1.54) is 65.5 Å². The van der Waals surface area contributed by atoms with Crippen molar-refractivity contribution in [3.8, 4) is 0 Å². The SMILES string of the molecule is CC[C@H](CO[Si](c1ccccc1)(c1ccccc1)C(C)(C)C)[C@@H](CC1(CCC[C@@H](CC2SCCCS2)O[Si](C)(C)C(C)(C)C)SCCCS1)O[Si](C)(C)C(C)(C)C. The monoisotopic (exact) mass is 906 g/mol. The molecule has 3 nitrogen and oxygen atoms in total. The molecular formula is C47H82O3S4Si3. The van der Waals surface area contributed by atoms with Gasteiger partial charge in [0.05, 0.1) is 14.8 Å². The predicted molar refractivity (Wildman–Crippen MR) is 270 cm³/mol. The predicted octanol–water partition coefficient (Wildman–Crippen LogP) is 14.1. The summed E-state index contributed by atoms with van der Waals surface area (Å²) < 4.78 is 23.5. The molecule has 0 aromatic heterocycles. The van der Waals surface area contributed by atoms with Gasteiger partial charge in [-0.25, -0.2) is 0 Å². The first kappa shape index (κ1) is 50.0. The minimum Gasteiger partial charge on any atom is -0.414 e. The van der Waals surface area contributed by atoms with Crippen LogP contribution in [-0.4, -0.2) is 75.4 Å². The Morgan fingerprint density at radius 1 is 0.684 bits per heavy atom. The molecule has 2 heterocycles. The first-order chi connectivity index (χ1) is 26.6. The van der Waals surface area contributed by atoms with Crippen LogP contribution < -0.4 is 10.4 Å². The van der Waals surface area contributed by atoms with Crippen LogP contribution in [0.2, 0.25) is 41.3 Å². The Morgan fingerprint density at radius 3 is 1.65 bits per heavy atom. The van der Waals surface area contributed by atoms with Gasteiger partial charge in [0, 0.05) is 18.6 Å². The van der Waals surface area contributed by atoms with Crippen molar-refractivity contribution in [2.24, 2.45) is 5.92 Å². The lowest BCUT2D eigenvalue weighted by atomic mass is 9.94. The molecule has 0 radical (unpaired) electrons. The molecule has 2 aromatic carbocycles. The molecule has 2 aliphatic rings. The summed E-state index contributed by atoms with van der Waals surface area (Å²) >= 11 is 8.87. The van der Waals surface area contributed by atoms with Crippen LogP contribution in [-0.2, 0) is 13.3 Å². The number of rotatable bonds is 19. The Morgan fingerprint density at radius 2 is 1.18 bits per heavy atom. The highest BCUT2D eigenvalue weighted by atomic mass is 32.2. The molecule has 2 aliphatic heterocycles. The van der Waals surface area contributed by atoms with E-state index in [1.807, 2.05) is 0 Å². The second-order valence-electron chi connectivity index (χ2n) is 20.9. The molecule has 0 bridgehead atoms. The molecule has 2 fully saturated rings. The van der Waals surface area contributed by atoms with E-state index in [1.54, 1.807) is 0 Å². The highest BCUT2D eigenvalue weighted by Gasteiger charge is 2.51. The zero-order valence-electron chi connectivity index (χ0n) is 38.6. The molecule has 0 saturated carbocycles. The average molecular weight is 908 g/mol. The van der Waals surface area contributed by atoms with Crippen molar-refractivity contribution in [1.29, 1.82) is 0 Å². The molecule has 4 rings (SSSR count). The van der Waals surface area contributed by atoms with E-state index >= 15 is 0 Å². The van der Waals surface area contributed by atoms with Crippen LogP contribution >= 0.6 is 47.0 Å². The zero-order chi connectivity index (χ0) is 42.2. The van der Waals surface area contributed by atoms with Gasteiger partial charge in [-0.2, -0.15) is 0 Å². The third kappa shape index (κ3) is 13.4. The second-order valence-corrected chi connectivity index (χ2v) is 40.8. The van der Waals surface area contributed by atoms with Gasteiger partial charge in [-0.05, 0) is 126 Å². The van der Waals surface area contributed by atoms with E-state index in [0.717, 1.165) is 19.3 Å². The van der Waals surface area contributed by atoms with Crippen LogP contribution in [0.25, 0.3) is 0 Å². The van der Waals surface area contributed by atoms with Crippen molar-refractivity contribution < 1.29 is 13.3 Å². The summed E-state index contributed by atoms with van der Waals surface area (Å²) in [5, 5.41) is 3.00. The Labute approximate surface area is 372 Å². The number of hydrogen-bond acceptors (Lipinski definition) is 7. The molecule has 10 heteroatoms. The van der Waals surface area contributed by atoms with Crippen LogP contribution in [0.4, 0.5) is 0 Å². The normalized spacial score (nSPS) is 19.6. The summed E-state index contributed by atoms with van der Waals surface area (Å²) in [7, 11) is -6.69. The van der Waals surface area contributed by atoms with E-state index in [-0.39, 0.29) is 25.3 Å². The van der Waals surface area contributed by atoms with Crippen LogP contribution in [0, 0.1) is 5.92 Å². The summed E-state index contributed by atoms with van der Waals surface area (Å²) in [6, 6.07) is 22.4. The van der Waals surface area contributed by atoms with Crippen molar-refractivity contribution >= 4 is 82.4 Å². The van der Waals surface area contributed by atoms with Gasteiger partial charge < -0.3 is 13.3 Å². The molecular weight excluding hydrogens is 825 g/mol. The van der Waals surface area contributed by atoms with Crippen LogP contribution in [0.1, 0.15) is 121 Å². The Kier molecular flexibility index (Phi) is 18.6.